The lowest BCUT2D eigenvalue weighted by Gasteiger charge is -2.05. The molecule has 1 aromatic carbocycles. The van der Waals surface area contributed by atoms with Gasteiger partial charge in [-0.15, -0.1) is 0 Å². The topological polar surface area (TPSA) is 49.9 Å². The molecule has 0 radical (unpaired) electrons. The van der Waals surface area contributed by atoms with Crippen LogP contribution in [0.4, 0.5) is 0 Å². The van der Waals surface area contributed by atoms with Crippen molar-refractivity contribution in [1.29, 1.82) is 0 Å². The number of aromatic amines is 1. The van der Waals surface area contributed by atoms with E-state index in [1.165, 1.54) is 0 Å². The molecule has 102 valence electrons. The molecule has 0 bridgehead atoms. The van der Waals surface area contributed by atoms with Crippen LogP contribution in [0.15, 0.2) is 36.5 Å². The lowest BCUT2D eigenvalue weighted by atomic mass is 10.2. The molecule has 0 unspecified atom stereocenters. The van der Waals surface area contributed by atoms with Crippen molar-refractivity contribution in [3.63, 3.8) is 0 Å². The molecule has 0 aliphatic carbocycles. The van der Waals surface area contributed by atoms with Crippen molar-refractivity contribution < 1.29 is 4.74 Å². The summed E-state index contributed by atoms with van der Waals surface area (Å²) >= 11 is 0. The van der Waals surface area contributed by atoms with Crippen molar-refractivity contribution in [1.82, 2.24) is 15.3 Å². The Bertz CT molecular complexity index is 479. The Labute approximate surface area is 114 Å². The summed E-state index contributed by atoms with van der Waals surface area (Å²) in [5, 5.41) is 3.38. The van der Waals surface area contributed by atoms with E-state index in [0.29, 0.717) is 12.5 Å². The molecule has 2 rings (SSSR count). The highest BCUT2D eigenvalue weighted by Crippen LogP contribution is 2.10. The van der Waals surface area contributed by atoms with E-state index < -0.39 is 0 Å². The number of para-hydroxylation sites is 1. The summed E-state index contributed by atoms with van der Waals surface area (Å²) in [5.41, 5.74) is 1.09. The molecule has 0 aliphatic heterocycles. The van der Waals surface area contributed by atoms with Crippen LogP contribution in [0.5, 0.6) is 5.75 Å². The first-order chi connectivity index (χ1) is 9.24. The van der Waals surface area contributed by atoms with Crippen molar-refractivity contribution in [2.75, 3.05) is 6.54 Å². The van der Waals surface area contributed by atoms with Crippen LogP contribution < -0.4 is 10.1 Å². The predicted molar refractivity (Wildman–Crippen MR) is 75.9 cm³/mol. The highest BCUT2D eigenvalue weighted by molar-refractivity contribution is 5.21. The van der Waals surface area contributed by atoms with Gasteiger partial charge >= 0.3 is 0 Å². The SMILES string of the molecule is CC(C)CNCc1cnc(COc2ccccc2)[nH]1. The van der Waals surface area contributed by atoms with Crippen LogP contribution in [0, 0.1) is 5.92 Å². The van der Waals surface area contributed by atoms with Gasteiger partial charge in [0.1, 0.15) is 18.2 Å². The Morgan fingerprint density at radius 2 is 2.05 bits per heavy atom. The van der Waals surface area contributed by atoms with Crippen LogP contribution in [0.1, 0.15) is 25.4 Å². The molecule has 0 spiro atoms. The number of H-pyrrole nitrogens is 1. The second-order valence-electron chi connectivity index (χ2n) is 4.98. The molecule has 0 aliphatic rings. The van der Waals surface area contributed by atoms with Crippen LogP contribution in [0.3, 0.4) is 0 Å². The van der Waals surface area contributed by atoms with Gasteiger partial charge in [-0.25, -0.2) is 4.98 Å². The van der Waals surface area contributed by atoms with E-state index in [-0.39, 0.29) is 0 Å². The van der Waals surface area contributed by atoms with E-state index in [1.807, 2.05) is 36.5 Å². The number of hydrogen-bond donors (Lipinski definition) is 2. The normalized spacial score (nSPS) is 10.9. The molecular weight excluding hydrogens is 238 g/mol. The first-order valence-corrected chi connectivity index (χ1v) is 6.65. The van der Waals surface area contributed by atoms with Crippen LogP contribution >= 0.6 is 0 Å². The molecule has 4 nitrogen and oxygen atoms in total. The number of nitrogens with one attached hydrogen (secondary N) is 2. The summed E-state index contributed by atoms with van der Waals surface area (Å²) in [6.07, 6.45) is 1.86. The monoisotopic (exact) mass is 259 g/mol. The minimum absolute atomic E-state index is 0.466. The Hall–Kier alpha value is -1.81. The standard InChI is InChI=1S/C15H21N3O/c1-12(2)8-16-9-13-10-17-15(18-13)11-19-14-6-4-3-5-7-14/h3-7,10,12,16H,8-9,11H2,1-2H3,(H,17,18). The van der Waals surface area contributed by atoms with Crippen LogP contribution in [0.25, 0.3) is 0 Å². The molecule has 2 N–H and O–H groups in total. The van der Waals surface area contributed by atoms with Crippen LogP contribution in [0.2, 0.25) is 0 Å². The molecule has 0 atom stereocenters. The van der Waals surface area contributed by atoms with Gasteiger partial charge in [-0.1, -0.05) is 32.0 Å². The molecule has 0 saturated carbocycles. The van der Waals surface area contributed by atoms with Crippen LogP contribution in [-0.2, 0) is 13.2 Å². The lowest BCUT2D eigenvalue weighted by Crippen LogP contribution is -2.19. The van der Waals surface area contributed by atoms with E-state index in [4.69, 9.17) is 4.74 Å². The van der Waals surface area contributed by atoms with Gasteiger partial charge in [0.25, 0.3) is 0 Å². The number of aromatic nitrogens is 2. The summed E-state index contributed by atoms with van der Waals surface area (Å²) in [6.45, 7) is 6.68. The first kappa shape index (κ1) is 13.6. The van der Waals surface area contributed by atoms with Crippen molar-refractivity contribution in [2.45, 2.75) is 27.0 Å². The van der Waals surface area contributed by atoms with E-state index >= 15 is 0 Å². The van der Waals surface area contributed by atoms with E-state index in [9.17, 15) is 0 Å². The highest BCUT2D eigenvalue weighted by atomic mass is 16.5. The number of imidazole rings is 1. The van der Waals surface area contributed by atoms with Gasteiger partial charge < -0.3 is 15.0 Å². The van der Waals surface area contributed by atoms with Crippen molar-refractivity contribution in [3.8, 4) is 5.75 Å². The Morgan fingerprint density at radius 3 is 2.79 bits per heavy atom. The largest absolute Gasteiger partial charge is 0.486 e. The predicted octanol–water partition coefficient (Wildman–Crippen LogP) is 2.73. The van der Waals surface area contributed by atoms with Gasteiger partial charge in [0.2, 0.25) is 0 Å². The molecule has 1 heterocycles. The molecular formula is C15H21N3O. The fraction of sp³-hybridized carbons (Fsp3) is 0.400. The zero-order valence-electron chi connectivity index (χ0n) is 11.5. The zero-order valence-corrected chi connectivity index (χ0v) is 11.5. The first-order valence-electron chi connectivity index (χ1n) is 6.65. The fourth-order valence-electron chi connectivity index (χ4n) is 1.73. The lowest BCUT2D eigenvalue weighted by molar-refractivity contribution is 0.297. The smallest absolute Gasteiger partial charge is 0.146 e. The van der Waals surface area contributed by atoms with Gasteiger partial charge in [-0.05, 0) is 24.6 Å². The maximum absolute atomic E-state index is 5.63. The Balaban J connectivity index is 1.77. The van der Waals surface area contributed by atoms with Crippen molar-refractivity contribution >= 4 is 0 Å². The maximum atomic E-state index is 5.63. The van der Waals surface area contributed by atoms with E-state index in [2.05, 4.69) is 29.1 Å². The van der Waals surface area contributed by atoms with Gasteiger partial charge in [-0.3, -0.25) is 0 Å². The quantitative estimate of drug-likeness (QED) is 0.804. The Kier molecular flexibility index (Phi) is 4.98. The molecule has 0 amide bonds. The van der Waals surface area contributed by atoms with Gasteiger partial charge in [0.15, 0.2) is 0 Å². The van der Waals surface area contributed by atoms with Gasteiger partial charge in [0.05, 0.1) is 0 Å². The zero-order chi connectivity index (χ0) is 13.5. The minimum atomic E-state index is 0.466. The summed E-state index contributed by atoms with van der Waals surface area (Å²) in [6, 6.07) is 9.76. The second-order valence-corrected chi connectivity index (χ2v) is 4.98. The van der Waals surface area contributed by atoms with Gasteiger partial charge in [0, 0.05) is 18.4 Å². The van der Waals surface area contributed by atoms with Crippen molar-refractivity contribution in [2.24, 2.45) is 5.92 Å². The van der Waals surface area contributed by atoms with E-state index in [1.54, 1.807) is 0 Å². The molecule has 4 heteroatoms. The summed E-state index contributed by atoms with van der Waals surface area (Å²) in [5.74, 6) is 2.37. The molecule has 0 saturated heterocycles. The van der Waals surface area contributed by atoms with Crippen molar-refractivity contribution in [3.05, 3.63) is 48.0 Å². The number of rotatable bonds is 7. The van der Waals surface area contributed by atoms with Gasteiger partial charge in [-0.2, -0.15) is 0 Å². The minimum Gasteiger partial charge on any atom is -0.486 e. The summed E-state index contributed by atoms with van der Waals surface area (Å²) < 4.78 is 5.63. The molecule has 0 fully saturated rings. The summed E-state index contributed by atoms with van der Waals surface area (Å²) in [7, 11) is 0. The molecule has 19 heavy (non-hydrogen) atoms. The number of benzene rings is 1. The average molecular weight is 259 g/mol. The number of ether oxygens (including phenoxy) is 1. The third-order valence-electron chi connectivity index (χ3n) is 2.67. The third-order valence-corrected chi connectivity index (χ3v) is 2.67. The fourth-order valence-corrected chi connectivity index (χ4v) is 1.73. The molecule has 2 aromatic rings. The second kappa shape index (κ2) is 6.95. The average Bonchev–Trinajstić information content (AvgIpc) is 2.85. The summed E-state index contributed by atoms with van der Waals surface area (Å²) in [4.78, 5) is 7.57. The highest BCUT2D eigenvalue weighted by Gasteiger charge is 2.02. The number of hydrogen-bond acceptors (Lipinski definition) is 3. The Morgan fingerprint density at radius 1 is 1.26 bits per heavy atom. The van der Waals surface area contributed by atoms with E-state index in [0.717, 1.165) is 30.4 Å². The third kappa shape index (κ3) is 4.75. The van der Waals surface area contributed by atoms with Crippen LogP contribution in [-0.4, -0.2) is 16.5 Å². The molecule has 1 aromatic heterocycles. The number of nitrogens with zero attached hydrogens (tertiary/aromatic N) is 1. The maximum Gasteiger partial charge on any atom is 0.146 e.